The Hall–Kier alpha value is -1.89. The van der Waals surface area contributed by atoms with Gasteiger partial charge in [0.2, 0.25) is 5.91 Å². The molecule has 0 aliphatic carbocycles. The fourth-order valence-corrected chi connectivity index (χ4v) is 4.43. The number of carbonyl (C=O) groups is 1. The van der Waals surface area contributed by atoms with Crippen molar-refractivity contribution in [2.75, 3.05) is 13.1 Å². The van der Waals surface area contributed by atoms with E-state index in [4.69, 9.17) is 0 Å². The normalized spacial score (nSPS) is 21.8. The van der Waals surface area contributed by atoms with Gasteiger partial charge in [-0.1, -0.05) is 26.0 Å². The van der Waals surface area contributed by atoms with Gasteiger partial charge in [-0.15, -0.1) is 0 Å². The second-order valence-corrected chi connectivity index (χ2v) is 8.41. The van der Waals surface area contributed by atoms with Gasteiger partial charge >= 0.3 is 0 Å². The van der Waals surface area contributed by atoms with Gasteiger partial charge in [0.1, 0.15) is 11.9 Å². The Kier molecular flexibility index (Phi) is 4.62. The van der Waals surface area contributed by atoms with E-state index in [0.29, 0.717) is 17.9 Å². The van der Waals surface area contributed by atoms with Crippen molar-refractivity contribution in [3.63, 3.8) is 0 Å². The quantitative estimate of drug-likeness (QED) is 0.900. The fraction of sp³-hybridized carbons (Fsp3) is 0.529. The smallest absolute Gasteiger partial charge is 0.263 e. The molecule has 1 N–H and O–H groups in total. The molecule has 2 aliphatic rings. The SMILES string of the molecule is CC(C)CC(N=C1NS(=O)(=O)c2ccccc21)C(=O)N1CCCC1. The van der Waals surface area contributed by atoms with E-state index >= 15 is 0 Å². The first kappa shape index (κ1) is 17.0. The lowest BCUT2D eigenvalue weighted by Gasteiger charge is -2.22. The Bertz CT molecular complexity index is 765. The zero-order valence-corrected chi connectivity index (χ0v) is 14.8. The number of rotatable bonds is 4. The van der Waals surface area contributed by atoms with Gasteiger partial charge < -0.3 is 4.90 Å². The number of fused-ring (bicyclic) bond motifs is 1. The molecular formula is C17H23N3O3S. The third-order valence-electron chi connectivity index (χ3n) is 4.35. The average Bonchev–Trinajstić information content (AvgIpc) is 3.13. The highest BCUT2D eigenvalue weighted by Gasteiger charge is 2.33. The van der Waals surface area contributed by atoms with Crippen LogP contribution >= 0.6 is 0 Å². The van der Waals surface area contributed by atoms with Gasteiger partial charge in [-0.3, -0.25) is 14.5 Å². The van der Waals surface area contributed by atoms with Gasteiger partial charge in [0.15, 0.2) is 0 Å². The summed E-state index contributed by atoms with van der Waals surface area (Å²) in [4.78, 5) is 19.4. The van der Waals surface area contributed by atoms with Gasteiger partial charge in [-0.25, -0.2) is 8.42 Å². The highest BCUT2D eigenvalue weighted by atomic mass is 32.2. The minimum Gasteiger partial charge on any atom is -0.341 e. The van der Waals surface area contributed by atoms with E-state index in [0.717, 1.165) is 25.9 Å². The molecule has 130 valence electrons. The first-order valence-corrected chi connectivity index (χ1v) is 9.85. The molecule has 0 bridgehead atoms. The maximum absolute atomic E-state index is 12.8. The molecule has 1 atom stereocenters. The molecule has 2 aliphatic heterocycles. The third kappa shape index (κ3) is 3.31. The molecule has 0 radical (unpaired) electrons. The van der Waals surface area contributed by atoms with E-state index in [2.05, 4.69) is 9.71 Å². The van der Waals surface area contributed by atoms with Crippen LogP contribution in [0.2, 0.25) is 0 Å². The Labute approximate surface area is 143 Å². The molecule has 3 rings (SSSR count). The first-order valence-electron chi connectivity index (χ1n) is 8.37. The van der Waals surface area contributed by atoms with Crippen LogP contribution in [0.15, 0.2) is 34.2 Å². The van der Waals surface area contributed by atoms with Crippen LogP contribution in [0, 0.1) is 5.92 Å². The number of carbonyl (C=O) groups excluding carboxylic acids is 1. The van der Waals surface area contributed by atoms with Crippen LogP contribution in [-0.4, -0.2) is 44.2 Å². The molecule has 1 amide bonds. The Morgan fingerprint density at radius 1 is 1.25 bits per heavy atom. The zero-order chi connectivity index (χ0) is 17.3. The summed E-state index contributed by atoms with van der Waals surface area (Å²) in [5.74, 6) is 0.570. The highest BCUT2D eigenvalue weighted by molar-refractivity contribution is 7.90. The maximum atomic E-state index is 12.8. The molecule has 24 heavy (non-hydrogen) atoms. The zero-order valence-electron chi connectivity index (χ0n) is 14.0. The third-order valence-corrected chi connectivity index (χ3v) is 5.74. The summed E-state index contributed by atoms with van der Waals surface area (Å²) in [6.45, 7) is 5.61. The molecule has 0 saturated carbocycles. The molecule has 1 fully saturated rings. The van der Waals surface area contributed by atoms with E-state index in [9.17, 15) is 13.2 Å². The summed E-state index contributed by atoms with van der Waals surface area (Å²) in [7, 11) is -3.58. The van der Waals surface area contributed by atoms with E-state index in [1.54, 1.807) is 24.3 Å². The topological polar surface area (TPSA) is 78.8 Å². The summed E-state index contributed by atoms with van der Waals surface area (Å²) in [6, 6.07) is 6.18. The first-order chi connectivity index (χ1) is 11.4. The number of amides is 1. The fourth-order valence-electron chi connectivity index (χ4n) is 3.19. The Balaban J connectivity index is 1.94. The standard InChI is InChI=1S/C17H23N3O3S/c1-12(2)11-14(17(21)20-9-5-6-10-20)18-16-13-7-3-4-8-15(13)24(22,23)19-16/h3-4,7-8,12,14H,5-6,9-11H2,1-2H3,(H,18,19). The van der Waals surface area contributed by atoms with Crippen molar-refractivity contribution in [3.05, 3.63) is 29.8 Å². The van der Waals surface area contributed by atoms with Crippen molar-refractivity contribution < 1.29 is 13.2 Å². The van der Waals surface area contributed by atoms with Crippen LogP contribution in [0.4, 0.5) is 0 Å². The van der Waals surface area contributed by atoms with Crippen LogP contribution in [0.5, 0.6) is 0 Å². The van der Waals surface area contributed by atoms with Crippen molar-refractivity contribution >= 4 is 21.8 Å². The number of aliphatic imine (C=N–C) groups is 1. The van der Waals surface area contributed by atoms with Gasteiger partial charge in [0.25, 0.3) is 10.0 Å². The number of likely N-dealkylation sites (tertiary alicyclic amines) is 1. The number of amidine groups is 1. The van der Waals surface area contributed by atoms with Gasteiger partial charge in [-0.2, -0.15) is 0 Å². The summed E-state index contributed by atoms with van der Waals surface area (Å²) in [5.41, 5.74) is 0.542. The summed E-state index contributed by atoms with van der Waals surface area (Å²) >= 11 is 0. The lowest BCUT2D eigenvalue weighted by molar-refractivity contribution is -0.131. The number of sulfonamides is 1. The molecular weight excluding hydrogens is 326 g/mol. The van der Waals surface area contributed by atoms with E-state index in [-0.39, 0.29) is 16.6 Å². The molecule has 6 nitrogen and oxygen atoms in total. The minimum atomic E-state index is -3.58. The molecule has 7 heteroatoms. The Morgan fingerprint density at radius 2 is 1.92 bits per heavy atom. The molecule has 1 aromatic rings. The average molecular weight is 349 g/mol. The monoisotopic (exact) mass is 349 g/mol. The predicted octanol–water partition coefficient (Wildman–Crippen LogP) is 1.76. The lowest BCUT2D eigenvalue weighted by Crippen LogP contribution is -2.38. The maximum Gasteiger partial charge on any atom is 0.263 e. The molecule has 2 heterocycles. The number of nitrogens with zero attached hydrogens (tertiary/aromatic N) is 2. The van der Waals surface area contributed by atoms with Crippen molar-refractivity contribution in [3.8, 4) is 0 Å². The second-order valence-electron chi connectivity index (χ2n) is 6.76. The number of hydrogen-bond acceptors (Lipinski definition) is 4. The van der Waals surface area contributed by atoms with Crippen molar-refractivity contribution in [1.82, 2.24) is 9.62 Å². The summed E-state index contributed by atoms with van der Waals surface area (Å²) < 4.78 is 26.9. The minimum absolute atomic E-state index is 0.00252. The van der Waals surface area contributed by atoms with Gasteiger partial charge in [0.05, 0.1) is 4.90 Å². The molecule has 0 spiro atoms. The summed E-state index contributed by atoms with van der Waals surface area (Å²) in [6.07, 6.45) is 2.64. The van der Waals surface area contributed by atoms with E-state index < -0.39 is 16.1 Å². The van der Waals surface area contributed by atoms with Gasteiger partial charge in [0, 0.05) is 18.7 Å². The largest absolute Gasteiger partial charge is 0.341 e. The van der Waals surface area contributed by atoms with Crippen LogP contribution in [0.3, 0.4) is 0 Å². The molecule has 1 saturated heterocycles. The predicted molar refractivity (Wildman–Crippen MR) is 92.4 cm³/mol. The number of hydrogen-bond donors (Lipinski definition) is 1. The van der Waals surface area contributed by atoms with Crippen LogP contribution < -0.4 is 4.72 Å². The lowest BCUT2D eigenvalue weighted by atomic mass is 10.0. The van der Waals surface area contributed by atoms with Crippen LogP contribution in [0.25, 0.3) is 0 Å². The molecule has 1 unspecified atom stereocenters. The second kappa shape index (κ2) is 6.55. The number of benzene rings is 1. The van der Waals surface area contributed by atoms with E-state index in [1.807, 2.05) is 18.7 Å². The van der Waals surface area contributed by atoms with Crippen molar-refractivity contribution in [2.24, 2.45) is 10.9 Å². The Morgan fingerprint density at radius 3 is 2.58 bits per heavy atom. The summed E-state index contributed by atoms with van der Waals surface area (Å²) in [5, 5.41) is 0. The molecule has 0 aromatic heterocycles. The highest BCUT2D eigenvalue weighted by Crippen LogP contribution is 2.24. The van der Waals surface area contributed by atoms with E-state index in [1.165, 1.54) is 0 Å². The molecule has 1 aromatic carbocycles. The van der Waals surface area contributed by atoms with Gasteiger partial charge in [-0.05, 0) is 37.3 Å². The van der Waals surface area contributed by atoms with Crippen LogP contribution in [-0.2, 0) is 14.8 Å². The van der Waals surface area contributed by atoms with Crippen LogP contribution in [0.1, 0.15) is 38.7 Å². The van der Waals surface area contributed by atoms with Crippen molar-refractivity contribution in [1.29, 1.82) is 0 Å². The van der Waals surface area contributed by atoms with Crippen molar-refractivity contribution in [2.45, 2.75) is 44.0 Å². The number of nitrogens with one attached hydrogen (secondary N) is 1.